The molecule has 2 saturated heterocycles. The molecule has 4 aromatic rings. The first kappa shape index (κ1) is 34.3. The summed E-state index contributed by atoms with van der Waals surface area (Å²) in [7, 11) is 11.5. The van der Waals surface area contributed by atoms with Crippen LogP contribution in [0.25, 0.3) is 12.2 Å². The average Bonchev–Trinajstić information content (AvgIpc) is 3.13. The lowest BCUT2D eigenvalue weighted by Gasteiger charge is -2.56. The SMILES string of the molecule is COc1ccc(C2CC(/C=C/c3ccc(N(C)C)cc3)O[B-]3(OC(/C=C/c4ccc(N(C)C)cc4)CC(c4ccc(OC)cc4)O3)O2)cc1. The van der Waals surface area contributed by atoms with Gasteiger partial charge in [0.25, 0.3) is 0 Å². The first-order valence-corrected chi connectivity index (χ1v) is 16.8. The highest BCUT2D eigenvalue weighted by molar-refractivity contribution is 6.54. The lowest BCUT2D eigenvalue weighted by molar-refractivity contribution is -0.156. The minimum absolute atomic E-state index is 0.341. The average molecular weight is 662 g/mol. The third-order valence-corrected chi connectivity index (χ3v) is 9.04. The number of anilines is 2. The summed E-state index contributed by atoms with van der Waals surface area (Å²) in [5, 5.41) is 0. The van der Waals surface area contributed by atoms with Crippen LogP contribution in [0, 0.1) is 0 Å². The summed E-state index contributed by atoms with van der Waals surface area (Å²) in [6, 6.07) is 32.7. The van der Waals surface area contributed by atoms with E-state index in [-0.39, 0.29) is 24.4 Å². The summed E-state index contributed by atoms with van der Waals surface area (Å²) in [5.41, 5.74) is 6.42. The Hall–Kier alpha value is -4.54. The third-order valence-electron chi connectivity index (χ3n) is 9.04. The van der Waals surface area contributed by atoms with Crippen molar-refractivity contribution >= 4 is 30.5 Å². The van der Waals surface area contributed by atoms with Crippen LogP contribution in [0.5, 0.6) is 11.5 Å². The predicted molar refractivity (Wildman–Crippen MR) is 198 cm³/mol. The summed E-state index contributed by atoms with van der Waals surface area (Å²) in [6.45, 7) is -2.65. The first-order valence-electron chi connectivity index (χ1n) is 16.8. The van der Waals surface area contributed by atoms with Gasteiger partial charge in [-0.25, -0.2) is 0 Å². The summed E-state index contributed by atoms with van der Waals surface area (Å²) in [4.78, 5) is 4.17. The van der Waals surface area contributed by atoms with Gasteiger partial charge in [0.05, 0.1) is 14.2 Å². The maximum Gasteiger partial charge on any atom is 0.532 e. The zero-order chi connectivity index (χ0) is 34.4. The van der Waals surface area contributed by atoms with Crippen LogP contribution in [0.4, 0.5) is 11.4 Å². The van der Waals surface area contributed by atoms with Crippen molar-refractivity contribution in [3.05, 3.63) is 131 Å². The van der Waals surface area contributed by atoms with Gasteiger partial charge in [-0.1, -0.05) is 72.8 Å². The van der Waals surface area contributed by atoms with Crippen molar-refractivity contribution < 1.29 is 28.1 Å². The van der Waals surface area contributed by atoms with Gasteiger partial charge in [0.15, 0.2) is 0 Å². The van der Waals surface area contributed by atoms with Crippen molar-refractivity contribution in [2.24, 2.45) is 0 Å². The minimum Gasteiger partial charge on any atom is -0.513 e. The van der Waals surface area contributed by atoms with E-state index in [9.17, 15) is 0 Å². The van der Waals surface area contributed by atoms with Crippen LogP contribution in [0.3, 0.4) is 0 Å². The standard InChI is InChI=1S/C40H46BN2O6/c1-42(2)33-17-7-29(8-18-33)11-21-37-27-39(31-13-23-35(44-5)24-14-31)48-41(46-37)47-38(22-12-30-9-19-34(20-10-30)43(3)4)28-40(49-41)32-15-25-36(45-6)26-16-32/h7-26,37-40H,27-28H2,1-6H3/q-1/b21-11+,22-12+. The molecule has 2 aliphatic heterocycles. The van der Waals surface area contributed by atoms with Gasteiger partial charge in [0, 0.05) is 64.0 Å². The highest BCUT2D eigenvalue weighted by Gasteiger charge is 2.47. The number of hydrogen-bond donors (Lipinski definition) is 0. The monoisotopic (exact) mass is 661 g/mol. The number of nitrogens with zero attached hydrogens (tertiary/aromatic N) is 2. The minimum atomic E-state index is -2.65. The van der Waals surface area contributed by atoms with Crippen LogP contribution in [-0.2, 0) is 18.6 Å². The summed E-state index contributed by atoms with van der Waals surface area (Å²) < 4.78 is 37.9. The Morgan fingerprint density at radius 2 is 0.898 bits per heavy atom. The Labute approximate surface area is 290 Å². The van der Waals surface area contributed by atoms with Gasteiger partial charge in [-0.3, -0.25) is 0 Å². The van der Waals surface area contributed by atoms with Gasteiger partial charge in [-0.05, 0) is 83.6 Å². The molecule has 4 unspecified atom stereocenters. The van der Waals surface area contributed by atoms with E-state index < -0.39 is 6.96 Å². The molecule has 0 aromatic heterocycles. The van der Waals surface area contributed by atoms with Crippen molar-refractivity contribution in [1.82, 2.24) is 0 Å². The molecule has 1 spiro atoms. The van der Waals surface area contributed by atoms with Crippen molar-refractivity contribution in [3.8, 4) is 11.5 Å². The molecule has 256 valence electrons. The lowest BCUT2D eigenvalue weighted by Crippen LogP contribution is -2.59. The third kappa shape index (κ3) is 8.55. The van der Waals surface area contributed by atoms with Gasteiger partial charge in [0.2, 0.25) is 0 Å². The Balaban J connectivity index is 1.33. The predicted octanol–water partition coefficient (Wildman–Crippen LogP) is 8.09. The summed E-state index contributed by atoms with van der Waals surface area (Å²) in [5.74, 6) is 1.56. The zero-order valence-corrected chi connectivity index (χ0v) is 29.2. The van der Waals surface area contributed by atoms with E-state index in [1.54, 1.807) is 14.2 Å². The molecule has 0 bridgehead atoms. The molecule has 4 atom stereocenters. The number of benzene rings is 4. The van der Waals surface area contributed by atoms with Crippen LogP contribution >= 0.6 is 0 Å². The second-order valence-corrected chi connectivity index (χ2v) is 12.9. The maximum atomic E-state index is 6.77. The molecule has 0 amide bonds. The van der Waals surface area contributed by atoms with E-state index in [0.717, 1.165) is 45.1 Å². The Morgan fingerprint density at radius 3 is 1.22 bits per heavy atom. The fourth-order valence-corrected chi connectivity index (χ4v) is 6.19. The molecular weight excluding hydrogens is 615 g/mol. The number of methoxy groups -OCH3 is 2. The van der Waals surface area contributed by atoms with Gasteiger partial charge < -0.3 is 37.9 Å². The molecule has 4 aromatic carbocycles. The molecule has 2 fully saturated rings. The lowest BCUT2D eigenvalue weighted by atomic mass is 9.88. The first-order chi connectivity index (χ1) is 23.7. The fraction of sp³-hybridized carbons (Fsp3) is 0.300. The number of ether oxygens (including phenoxy) is 2. The molecule has 0 aliphatic carbocycles. The number of rotatable bonds is 10. The molecule has 2 aliphatic rings. The number of hydrogen-bond acceptors (Lipinski definition) is 8. The molecule has 2 heterocycles. The van der Waals surface area contributed by atoms with E-state index in [0.29, 0.717) is 12.8 Å². The normalized spacial score (nSPS) is 24.0. The van der Waals surface area contributed by atoms with Crippen molar-refractivity contribution in [2.75, 3.05) is 52.2 Å². The Bertz CT molecular complexity index is 1580. The topological polar surface area (TPSA) is 61.9 Å². The highest BCUT2D eigenvalue weighted by atomic mass is 16.9. The van der Waals surface area contributed by atoms with Gasteiger partial charge in [-0.2, -0.15) is 0 Å². The second-order valence-electron chi connectivity index (χ2n) is 12.9. The molecule has 9 heteroatoms. The summed E-state index contributed by atoms with van der Waals surface area (Å²) >= 11 is 0. The van der Waals surface area contributed by atoms with Crippen LogP contribution in [-0.4, -0.2) is 61.6 Å². The van der Waals surface area contributed by atoms with Crippen molar-refractivity contribution in [2.45, 2.75) is 37.3 Å². The van der Waals surface area contributed by atoms with Gasteiger partial charge in [-0.15, -0.1) is 0 Å². The maximum absolute atomic E-state index is 6.77. The quantitative estimate of drug-likeness (QED) is 0.158. The van der Waals surface area contributed by atoms with E-state index in [4.69, 9.17) is 28.1 Å². The van der Waals surface area contributed by atoms with E-state index in [2.05, 4.69) is 82.6 Å². The van der Waals surface area contributed by atoms with Crippen molar-refractivity contribution in [1.29, 1.82) is 0 Å². The van der Waals surface area contributed by atoms with Crippen LogP contribution in [0.1, 0.15) is 47.3 Å². The summed E-state index contributed by atoms with van der Waals surface area (Å²) in [6.07, 6.45) is 8.13. The van der Waals surface area contributed by atoms with Crippen molar-refractivity contribution in [3.63, 3.8) is 0 Å². The van der Waals surface area contributed by atoms with E-state index >= 15 is 0 Å². The van der Waals surface area contributed by atoms with Crippen LogP contribution in [0.15, 0.2) is 109 Å². The van der Waals surface area contributed by atoms with Gasteiger partial charge >= 0.3 is 6.96 Å². The largest absolute Gasteiger partial charge is 0.532 e. The molecule has 6 rings (SSSR count). The molecule has 0 N–H and O–H groups in total. The van der Waals surface area contributed by atoms with Crippen LogP contribution in [0.2, 0.25) is 0 Å². The van der Waals surface area contributed by atoms with E-state index in [1.165, 1.54) is 0 Å². The second kappa shape index (κ2) is 15.3. The molecule has 49 heavy (non-hydrogen) atoms. The highest BCUT2D eigenvalue weighted by Crippen LogP contribution is 2.43. The molecule has 8 nitrogen and oxygen atoms in total. The van der Waals surface area contributed by atoms with Gasteiger partial charge in [0.1, 0.15) is 11.5 Å². The zero-order valence-electron chi connectivity index (χ0n) is 29.2. The molecular formula is C40H46BN2O6-. The van der Waals surface area contributed by atoms with Crippen LogP contribution < -0.4 is 19.3 Å². The Kier molecular flexibility index (Phi) is 10.8. The molecule has 0 radical (unpaired) electrons. The Morgan fingerprint density at radius 1 is 0.531 bits per heavy atom. The molecule has 0 saturated carbocycles. The fourth-order valence-electron chi connectivity index (χ4n) is 6.19. The van der Waals surface area contributed by atoms with E-state index in [1.807, 2.05) is 76.7 Å². The smallest absolute Gasteiger partial charge is 0.513 e.